The van der Waals surface area contributed by atoms with Gasteiger partial charge in [-0.25, -0.2) is 17.9 Å². The van der Waals surface area contributed by atoms with Crippen LogP contribution in [0.5, 0.6) is 0 Å². The second-order valence-corrected chi connectivity index (χ2v) is 20.8. The van der Waals surface area contributed by atoms with Crippen molar-refractivity contribution in [2.24, 2.45) is 56.7 Å². The first-order chi connectivity index (χ1) is 24.5. The number of sulfonamides is 1. The Morgan fingerprint density at radius 2 is 1.67 bits per heavy atom. The predicted molar refractivity (Wildman–Crippen MR) is 210 cm³/mol. The van der Waals surface area contributed by atoms with Crippen LogP contribution in [0.3, 0.4) is 0 Å². The van der Waals surface area contributed by atoms with Crippen LogP contribution >= 0.6 is 0 Å². The van der Waals surface area contributed by atoms with Crippen LogP contribution in [0, 0.1) is 56.7 Å². The van der Waals surface area contributed by atoms with Gasteiger partial charge in [-0.15, -0.1) is 6.58 Å². The zero-order valence-electron chi connectivity index (χ0n) is 32.8. The van der Waals surface area contributed by atoms with Gasteiger partial charge in [0.1, 0.15) is 5.75 Å². The van der Waals surface area contributed by atoms with E-state index in [9.17, 15) is 13.2 Å². The number of ether oxygens (including phenoxy) is 1. The topological polar surface area (TPSA) is 85.4 Å². The average molecular weight is 727 g/mol. The lowest BCUT2D eigenvalue weighted by molar-refractivity contribution is -0.225. The van der Waals surface area contributed by atoms with Crippen molar-refractivity contribution in [2.45, 2.75) is 112 Å². The number of hydrogen-bond donors (Lipinski definition) is 1. The number of carbonyl (C=O) groups excluding carboxylic acids is 1. The average Bonchev–Trinajstić information content (AvgIpc) is 3.45. The van der Waals surface area contributed by atoms with E-state index < -0.39 is 10.0 Å². The van der Waals surface area contributed by atoms with E-state index >= 15 is 0 Å². The molecule has 0 spiro atoms. The number of hydrogen-bond acceptors (Lipinski definition) is 5. The van der Waals surface area contributed by atoms with Gasteiger partial charge in [0, 0.05) is 12.7 Å². The highest BCUT2D eigenvalue weighted by Crippen LogP contribution is 2.77. The molecular formula is C45H62N2O4S. The minimum atomic E-state index is -3.51. The molecule has 7 rings (SSSR count). The Morgan fingerprint density at radius 1 is 0.923 bits per heavy atom. The van der Waals surface area contributed by atoms with Gasteiger partial charge in [-0.05, 0) is 163 Å². The van der Waals surface area contributed by atoms with E-state index in [1.54, 1.807) is 12.3 Å². The fourth-order valence-electron chi connectivity index (χ4n) is 13.9. The summed E-state index contributed by atoms with van der Waals surface area (Å²) in [6.07, 6.45) is 15.8. The molecule has 7 heteroatoms. The lowest BCUT2D eigenvalue weighted by atomic mass is 9.32. The molecule has 52 heavy (non-hydrogen) atoms. The van der Waals surface area contributed by atoms with Crippen LogP contribution in [0.2, 0.25) is 0 Å². The van der Waals surface area contributed by atoms with Crippen molar-refractivity contribution in [1.29, 1.82) is 0 Å². The van der Waals surface area contributed by atoms with Crippen LogP contribution in [0.1, 0.15) is 127 Å². The Morgan fingerprint density at radius 3 is 2.35 bits per heavy atom. The number of fused-ring (bicyclic) bond motifs is 7. The second-order valence-electron chi connectivity index (χ2n) is 19.0. The molecule has 6 nitrogen and oxygen atoms in total. The molecule has 0 unspecified atom stereocenters. The number of nitrogens with zero attached hydrogens (tertiary/aromatic N) is 1. The van der Waals surface area contributed by atoms with Gasteiger partial charge in [0.2, 0.25) is 10.0 Å². The number of nitrogens with one attached hydrogen (secondary N) is 1. The van der Waals surface area contributed by atoms with Gasteiger partial charge in [0.05, 0.1) is 18.4 Å². The molecule has 4 fully saturated rings. The second kappa shape index (κ2) is 13.2. The van der Waals surface area contributed by atoms with Crippen molar-refractivity contribution >= 4 is 21.6 Å². The van der Waals surface area contributed by atoms with Gasteiger partial charge >= 0.3 is 5.97 Å². The lowest BCUT2D eigenvalue weighted by Crippen LogP contribution is -2.66. The molecule has 0 amide bonds. The van der Waals surface area contributed by atoms with Crippen molar-refractivity contribution in [3.8, 4) is 0 Å². The summed E-state index contributed by atoms with van der Waals surface area (Å²) < 4.78 is 35.1. The Balaban J connectivity index is 1.17. The summed E-state index contributed by atoms with van der Waals surface area (Å²) in [6, 6.07) is 13.5. The minimum Gasteiger partial charge on any atom is -0.465 e. The van der Waals surface area contributed by atoms with E-state index in [4.69, 9.17) is 4.74 Å². The molecule has 282 valence electrons. The maximum atomic E-state index is 13.5. The quantitative estimate of drug-likeness (QED) is 0.205. The Bertz CT molecular complexity index is 1840. The van der Waals surface area contributed by atoms with Gasteiger partial charge in [-0.3, -0.25) is 4.98 Å². The largest absolute Gasteiger partial charge is 0.465 e. The van der Waals surface area contributed by atoms with Crippen molar-refractivity contribution in [2.75, 3.05) is 13.7 Å². The summed E-state index contributed by atoms with van der Waals surface area (Å²) in [5, 5.41) is 0. The number of allylic oxidation sites excluding steroid dienone is 3. The molecule has 5 aliphatic rings. The molecule has 2 aromatic rings. The first-order valence-electron chi connectivity index (χ1n) is 19.9. The third kappa shape index (κ3) is 5.95. The van der Waals surface area contributed by atoms with Gasteiger partial charge in [0.25, 0.3) is 0 Å². The number of benzene rings is 1. The number of carbonyl (C=O) groups is 1. The van der Waals surface area contributed by atoms with Gasteiger partial charge in [0.15, 0.2) is 0 Å². The maximum absolute atomic E-state index is 13.5. The number of pyridine rings is 1. The molecule has 1 heterocycles. The van der Waals surface area contributed by atoms with E-state index in [0.717, 1.165) is 32.1 Å². The van der Waals surface area contributed by atoms with Crippen molar-refractivity contribution in [3.63, 3.8) is 0 Å². The van der Waals surface area contributed by atoms with Gasteiger partial charge in [-0.1, -0.05) is 64.5 Å². The fourth-order valence-corrected chi connectivity index (χ4v) is 15.0. The van der Waals surface area contributed by atoms with Crippen LogP contribution in [-0.2, 0) is 20.5 Å². The minimum absolute atomic E-state index is 0.00501. The van der Waals surface area contributed by atoms with E-state index in [-0.39, 0.29) is 38.8 Å². The smallest absolute Gasteiger partial charge is 0.337 e. The molecule has 1 aromatic heterocycles. The molecule has 0 aliphatic heterocycles. The van der Waals surface area contributed by atoms with Gasteiger partial charge < -0.3 is 4.74 Å². The predicted octanol–water partition coefficient (Wildman–Crippen LogP) is 10.0. The fraction of sp³-hybridized carbons (Fsp3) is 0.644. The van der Waals surface area contributed by atoms with Crippen LogP contribution in [0.25, 0.3) is 5.57 Å². The SMILES string of the molecule is C=C(C)C[C@@H]1CC[C@]2(CNS(=O)(=O)Cc3ccccn3)CC[C@]3(C)[C@H](CC[C@@H]4[C@@]5(C)CC=C(c6ccc(C(=O)OC)cc6)C(C)(C)[C@@H]5CC[C@]43C)[C@@H]12. The van der Waals surface area contributed by atoms with E-state index in [1.807, 2.05) is 24.3 Å². The van der Waals surface area contributed by atoms with Crippen LogP contribution in [0.4, 0.5) is 0 Å². The first kappa shape index (κ1) is 37.5. The molecule has 0 bridgehead atoms. The van der Waals surface area contributed by atoms with Crippen molar-refractivity contribution < 1.29 is 17.9 Å². The molecule has 9 atom stereocenters. The zero-order valence-corrected chi connectivity index (χ0v) is 33.6. The van der Waals surface area contributed by atoms with Crippen LogP contribution < -0.4 is 4.72 Å². The van der Waals surface area contributed by atoms with Crippen molar-refractivity contribution in [3.05, 3.63) is 83.7 Å². The molecule has 1 aromatic carbocycles. The number of methoxy groups -OCH3 is 1. The van der Waals surface area contributed by atoms with E-state index in [0.29, 0.717) is 47.4 Å². The normalized spacial score (nSPS) is 37.8. The summed E-state index contributed by atoms with van der Waals surface area (Å²) in [6.45, 7) is 20.0. The number of esters is 1. The highest BCUT2D eigenvalue weighted by atomic mass is 32.2. The molecule has 0 saturated heterocycles. The number of rotatable bonds is 9. The lowest BCUT2D eigenvalue weighted by Gasteiger charge is -2.72. The maximum Gasteiger partial charge on any atom is 0.337 e. The number of aromatic nitrogens is 1. The summed E-state index contributed by atoms with van der Waals surface area (Å²) in [7, 11) is -2.08. The Hall–Kier alpha value is -2.77. The molecule has 5 aliphatic carbocycles. The molecule has 1 N–H and O–H groups in total. The third-order valence-electron chi connectivity index (χ3n) is 16.3. The van der Waals surface area contributed by atoms with Crippen LogP contribution in [-0.4, -0.2) is 33.0 Å². The monoisotopic (exact) mass is 726 g/mol. The highest BCUT2D eigenvalue weighted by molar-refractivity contribution is 7.88. The summed E-state index contributed by atoms with van der Waals surface area (Å²) in [5.41, 5.74) is 5.66. The summed E-state index contributed by atoms with van der Waals surface area (Å²) in [4.78, 5) is 16.5. The molecular weight excluding hydrogens is 665 g/mol. The standard InChI is InChI=1S/C45H62N2O4S/c1-30(2)27-33-18-23-45(29-47-52(49,50)28-34-11-9-10-26-46-34)25-24-43(6)36(39(33)45)16-17-38-42(5)21-19-35(31-12-14-32(15-13-31)40(48)51-8)41(3,4)37(42)20-22-44(38,43)7/h9-15,19,26,33,36-39,47H,1,16-18,20-25,27-29H2,2-8H3/t33-,36+,37-,38+,39+,42-,43+,44+,45+/m0/s1. The highest BCUT2D eigenvalue weighted by Gasteiger charge is 2.70. The van der Waals surface area contributed by atoms with Crippen LogP contribution in [0.15, 0.2) is 66.9 Å². The van der Waals surface area contributed by atoms with Gasteiger partial charge in [-0.2, -0.15) is 0 Å². The first-order valence-corrected chi connectivity index (χ1v) is 21.6. The third-order valence-corrected chi connectivity index (χ3v) is 17.5. The van der Waals surface area contributed by atoms with E-state index in [1.165, 1.54) is 55.9 Å². The molecule has 4 saturated carbocycles. The van der Waals surface area contributed by atoms with Crippen molar-refractivity contribution in [1.82, 2.24) is 9.71 Å². The zero-order chi connectivity index (χ0) is 37.3. The Labute approximate surface area is 313 Å². The Kier molecular flexibility index (Phi) is 9.54. The summed E-state index contributed by atoms with van der Waals surface area (Å²) in [5.74, 6) is 2.45. The summed E-state index contributed by atoms with van der Waals surface area (Å²) >= 11 is 0. The molecule has 0 radical (unpaired) electrons. The van der Waals surface area contributed by atoms with E-state index in [2.05, 4.69) is 76.0 Å².